The SMILES string of the molecule is Nc1ccc(C(F)C2CC2)cc1. The Morgan fingerprint density at radius 3 is 2.33 bits per heavy atom. The van der Waals surface area contributed by atoms with E-state index in [0.29, 0.717) is 5.69 Å². The topological polar surface area (TPSA) is 26.0 Å². The molecule has 0 aromatic heterocycles. The first-order valence-electron chi connectivity index (χ1n) is 4.27. The van der Waals surface area contributed by atoms with Gasteiger partial charge in [-0.3, -0.25) is 0 Å². The van der Waals surface area contributed by atoms with Crippen LogP contribution in [0.4, 0.5) is 10.1 Å². The largest absolute Gasteiger partial charge is 0.399 e. The Bertz CT molecular complexity index is 264. The molecule has 1 fully saturated rings. The standard InChI is InChI=1S/C10H12FN/c11-10(7-1-2-7)8-3-5-9(12)6-4-8/h3-7,10H,1-2,12H2. The van der Waals surface area contributed by atoms with Crippen LogP contribution >= 0.6 is 0 Å². The predicted molar refractivity (Wildman–Crippen MR) is 47.4 cm³/mol. The zero-order valence-corrected chi connectivity index (χ0v) is 6.83. The van der Waals surface area contributed by atoms with Crippen molar-refractivity contribution >= 4 is 5.69 Å². The van der Waals surface area contributed by atoms with Gasteiger partial charge in [-0.05, 0) is 36.5 Å². The summed E-state index contributed by atoms with van der Waals surface area (Å²) in [5.74, 6) is 0.272. The number of anilines is 1. The summed E-state index contributed by atoms with van der Waals surface area (Å²) in [5.41, 5.74) is 6.96. The van der Waals surface area contributed by atoms with Crippen molar-refractivity contribution in [3.63, 3.8) is 0 Å². The van der Waals surface area contributed by atoms with Crippen LogP contribution in [0.2, 0.25) is 0 Å². The fraction of sp³-hybridized carbons (Fsp3) is 0.400. The molecule has 0 saturated heterocycles. The molecule has 2 N–H and O–H groups in total. The molecule has 1 unspecified atom stereocenters. The average Bonchev–Trinajstić information content (AvgIpc) is 2.87. The van der Waals surface area contributed by atoms with Crippen LogP contribution in [0.1, 0.15) is 24.6 Å². The zero-order chi connectivity index (χ0) is 8.55. The lowest BCUT2D eigenvalue weighted by atomic mass is 10.1. The maximum absolute atomic E-state index is 13.4. The van der Waals surface area contributed by atoms with Crippen LogP contribution in [0.25, 0.3) is 0 Å². The smallest absolute Gasteiger partial charge is 0.128 e. The summed E-state index contributed by atoms with van der Waals surface area (Å²) in [5, 5.41) is 0. The summed E-state index contributed by atoms with van der Waals surface area (Å²) in [6.45, 7) is 0. The van der Waals surface area contributed by atoms with Crippen molar-refractivity contribution in [1.82, 2.24) is 0 Å². The molecule has 1 nitrogen and oxygen atoms in total. The summed E-state index contributed by atoms with van der Waals surface area (Å²) in [4.78, 5) is 0. The summed E-state index contributed by atoms with van der Waals surface area (Å²) in [6.07, 6.45) is 1.29. The van der Waals surface area contributed by atoms with Gasteiger partial charge in [0.15, 0.2) is 0 Å². The maximum atomic E-state index is 13.4. The van der Waals surface area contributed by atoms with E-state index >= 15 is 0 Å². The molecular formula is C10H12FN. The number of alkyl halides is 1. The van der Waals surface area contributed by atoms with Gasteiger partial charge in [0, 0.05) is 5.69 Å². The summed E-state index contributed by atoms with van der Waals surface area (Å²) in [7, 11) is 0. The number of hydrogen-bond donors (Lipinski definition) is 1. The first-order valence-corrected chi connectivity index (χ1v) is 4.27. The van der Waals surface area contributed by atoms with Gasteiger partial charge in [-0.15, -0.1) is 0 Å². The van der Waals surface area contributed by atoms with Gasteiger partial charge in [0.05, 0.1) is 0 Å². The van der Waals surface area contributed by atoms with Gasteiger partial charge >= 0.3 is 0 Å². The van der Waals surface area contributed by atoms with Crippen molar-refractivity contribution < 1.29 is 4.39 Å². The molecule has 64 valence electrons. The van der Waals surface area contributed by atoms with E-state index < -0.39 is 6.17 Å². The van der Waals surface area contributed by atoms with Gasteiger partial charge < -0.3 is 5.73 Å². The zero-order valence-electron chi connectivity index (χ0n) is 6.83. The molecular weight excluding hydrogens is 153 g/mol. The Morgan fingerprint density at radius 1 is 1.25 bits per heavy atom. The highest BCUT2D eigenvalue weighted by Gasteiger charge is 2.32. The number of benzene rings is 1. The minimum Gasteiger partial charge on any atom is -0.399 e. The molecule has 0 bridgehead atoms. The number of hydrogen-bond acceptors (Lipinski definition) is 1. The van der Waals surface area contributed by atoms with Gasteiger partial charge in [0.2, 0.25) is 0 Å². The lowest BCUT2D eigenvalue weighted by Gasteiger charge is -2.06. The average molecular weight is 165 g/mol. The minimum absolute atomic E-state index is 0.272. The van der Waals surface area contributed by atoms with Gasteiger partial charge in [-0.1, -0.05) is 12.1 Å². The van der Waals surface area contributed by atoms with Crippen LogP contribution in [0.5, 0.6) is 0 Å². The third kappa shape index (κ3) is 1.42. The molecule has 2 heteroatoms. The molecule has 0 aliphatic heterocycles. The third-order valence-corrected chi connectivity index (χ3v) is 2.29. The van der Waals surface area contributed by atoms with Crippen molar-refractivity contribution in [3.8, 4) is 0 Å². The van der Waals surface area contributed by atoms with E-state index in [1.807, 2.05) is 0 Å². The molecule has 2 rings (SSSR count). The molecule has 0 amide bonds. The second-order valence-electron chi connectivity index (χ2n) is 3.41. The highest BCUT2D eigenvalue weighted by molar-refractivity contribution is 5.40. The van der Waals surface area contributed by atoms with E-state index in [9.17, 15) is 4.39 Å². The summed E-state index contributed by atoms with van der Waals surface area (Å²) in [6, 6.07) is 7.06. The molecule has 0 heterocycles. The Morgan fingerprint density at radius 2 is 1.83 bits per heavy atom. The summed E-state index contributed by atoms with van der Waals surface area (Å²) >= 11 is 0. The molecule has 1 saturated carbocycles. The Labute approximate surface area is 71.4 Å². The first-order chi connectivity index (χ1) is 5.77. The summed E-state index contributed by atoms with van der Waals surface area (Å²) < 4.78 is 13.4. The van der Waals surface area contributed by atoms with Crippen molar-refractivity contribution in [2.24, 2.45) is 5.92 Å². The van der Waals surface area contributed by atoms with Crippen molar-refractivity contribution in [1.29, 1.82) is 0 Å². The lowest BCUT2D eigenvalue weighted by Crippen LogP contribution is -1.94. The fourth-order valence-corrected chi connectivity index (χ4v) is 1.34. The monoisotopic (exact) mass is 165 g/mol. The van der Waals surface area contributed by atoms with Crippen molar-refractivity contribution in [2.45, 2.75) is 19.0 Å². The highest BCUT2D eigenvalue weighted by Crippen LogP contribution is 2.43. The highest BCUT2D eigenvalue weighted by atomic mass is 19.1. The van der Waals surface area contributed by atoms with Gasteiger partial charge in [0.1, 0.15) is 6.17 Å². The first kappa shape index (κ1) is 7.59. The Kier molecular flexibility index (Phi) is 1.75. The number of rotatable bonds is 2. The Hall–Kier alpha value is -1.05. The van der Waals surface area contributed by atoms with Crippen LogP contribution in [0.3, 0.4) is 0 Å². The van der Waals surface area contributed by atoms with Crippen LogP contribution in [-0.2, 0) is 0 Å². The van der Waals surface area contributed by atoms with Crippen molar-refractivity contribution in [2.75, 3.05) is 5.73 Å². The number of nitrogen functional groups attached to an aromatic ring is 1. The van der Waals surface area contributed by atoms with Gasteiger partial charge in [-0.2, -0.15) is 0 Å². The van der Waals surface area contributed by atoms with E-state index in [-0.39, 0.29) is 5.92 Å². The molecule has 1 atom stereocenters. The van der Waals surface area contributed by atoms with Gasteiger partial charge in [0.25, 0.3) is 0 Å². The second kappa shape index (κ2) is 2.77. The van der Waals surface area contributed by atoms with E-state index in [4.69, 9.17) is 5.73 Å². The van der Waals surface area contributed by atoms with E-state index in [1.165, 1.54) is 0 Å². The molecule has 0 spiro atoms. The van der Waals surface area contributed by atoms with Crippen molar-refractivity contribution in [3.05, 3.63) is 29.8 Å². The lowest BCUT2D eigenvalue weighted by molar-refractivity contribution is 0.306. The number of nitrogens with two attached hydrogens (primary N) is 1. The molecule has 12 heavy (non-hydrogen) atoms. The molecule has 1 aromatic carbocycles. The predicted octanol–water partition coefficient (Wildman–Crippen LogP) is 2.69. The molecule has 0 radical (unpaired) electrons. The van der Waals surface area contributed by atoms with E-state index in [0.717, 1.165) is 18.4 Å². The quantitative estimate of drug-likeness (QED) is 0.670. The molecule has 1 aliphatic carbocycles. The maximum Gasteiger partial charge on any atom is 0.128 e. The van der Waals surface area contributed by atoms with Crippen LogP contribution < -0.4 is 5.73 Å². The molecule has 1 aromatic rings. The molecule has 1 aliphatic rings. The normalized spacial score (nSPS) is 19.1. The van der Waals surface area contributed by atoms with Crippen LogP contribution in [0.15, 0.2) is 24.3 Å². The minimum atomic E-state index is -0.773. The third-order valence-electron chi connectivity index (χ3n) is 2.29. The van der Waals surface area contributed by atoms with E-state index in [1.54, 1.807) is 24.3 Å². The van der Waals surface area contributed by atoms with Gasteiger partial charge in [-0.25, -0.2) is 4.39 Å². The van der Waals surface area contributed by atoms with E-state index in [2.05, 4.69) is 0 Å². The fourth-order valence-electron chi connectivity index (χ4n) is 1.34. The van der Waals surface area contributed by atoms with Crippen LogP contribution in [0, 0.1) is 5.92 Å². The van der Waals surface area contributed by atoms with Crippen LogP contribution in [-0.4, -0.2) is 0 Å². The second-order valence-corrected chi connectivity index (χ2v) is 3.41. The number of halogens is 1. The Balaban J connectivity index is 2.16.